The van der Waals surface area contributed by atoms with Crippen LogP contribution < -0.4 is 5.32 Å². The number of aryl methyl sites for hydroxylation is 1. The molecule has 0 aliphatic rings. The predicted molar refractivity (Wildman–Crippen MR) is 116 cm³/mol. The maximum atomic E-state index is 12.7. The van der Waals surface area contributed by atoms with E-state index in [1.54, 1.807) is 4.52 Å². The number of thioether (sulfide) groups is 1. The molecule has 2 aromatic carbocycles. The van der Waals surface area contributed by atoms with E-state index in [1.807, 2.05) is 61.5 Å². The van der Waals surface area contributed by atoms with Gasteiger partial charge in [-0.15, -0.1) is 5.10 Å². The maximum Gasteiger partial charge on any atom is 0.230 e. The summed E-state index contributed by atoms with van der Waals surface area (Å²) in [6.07, 6.45) is 0. The fourth-order valence-corrected chi connectivity index (χ4v) is 4.12. The van der Waals surface area contributed by atoms with E-state index < -0.39 is 0 Å². The van der Waals surface area contributed by atoms with Crippen LogP contribution in [0.2, 0.25) is 0 Å². The third-order valence-corrected chi connectivity index (χ3v) is 5.66. The van der Waals surface area contributed by atoms with Gasteiger partial charge in [-0.05, 0) is 30.5 Å². The molecule has 29 heavy (non-hydrogen) atoms. The summed E-state index contributed by atoms with van der Waals surface area (Å²) >= 11 is 1.37. The van der Waals surface area contributed by atoms with Gasteiger partial charge in [-0.1, -0.05) is 68.1 Å². The van der Waals surface area contributed by atoms with E-state index in [2.05, 4.69) is 29.2 Å². The number of hydrogen-bond donors (Lipinski definition) is 1. The number of nitrogens with one attached hydrogen (secondary N) is 1. The lowest BCUT2D eigenvalue weighted by molar-refractivity contribution is -0.119. The number of fused-ring (bicyclic) bond motifs is 3. The van der Waals surface area contributed by atoms with Gasteiger partial charge < -0.3 is 5.32 Å². The molecule has 6 nitrogen and oxygen atoms in total. The molecule has 0 aliphatic carbocycles. The van der Waals surface area contributed by atoms with Gasteiger partial charge in [-0.2, -0.15) is 4.52 Å². The molecule has 2 heterocycles. The highest BCUT2D eigenvalue weighted by Crippen LogP contribution is 2.25. The monoisotopic (exact) mass is 405 g/mol. The van der Waals surface area contributed by atoms with Crippen LogP contribution in [0.4, 0.5) is 0 Å². The van der Waals surface area contributed by atoms with E-state index in [4.69, 9.17) is 4.98 Å². The molecule has 4 rings (SSSR count). The Bertz CT molecular complexity index is 1160. The zero-order chi connectivity index (χ0) is 20.4. The molecular weight excluding hydrogens is 382 g/mol. The highest BCUT2D eigenvalue weighted by Gasteiger charge is 2.19. The minimum Gasteiger partial charge on any atom is -0.348 e. The minimum absolute atomic E-state index is 0.0255. The molecule has 1 N–H and O–H groups in total. The number of rotatable bonds is 6. The average Bonchev–Trinajstić information content (AvgIpc) is 3.12. The highest BCUT2D eigenvalue weighted by atomic mass is 32.2. The first-order chi connectivity index (χ1) is 14.0. The molecule has 7 heteroatoms. The number of para-hydroxylation sites is 1. The SMILES string of the molecule is Cc1nc2c3ccccc3nc(SCC(=O)NC(c3ccccc3)C(C)C)n2n1. The maximum absolute atomic E-state index is 12.7. The van der Waals surface area contributed by atoms with Crippen LogP contribution in [-0.4, -0.2) is 31.2 Å². The van der Waals surface area contributed by atoms with Gasteiger partial charge >= 0.3 is 0 Å². The first-order valence-electron chi connectivity index (χ1n) is 9.62. The van der Waals surface area contributed by atoms with Crippen molar-refractivity contribution in [3.05, 3.63) is 66.0 Å². The van der Waals surface area contributed by atoms with E-state index in [9.17, 15) is 4.79 Å². The van der Waals surface area contributed by atoms with E-state index in [0.717, 1.165) is 22.1 Å². The van der Waals surface area contributed by atoms with Crippen molar-refractivity contribution in [3.8, 4) is 0 Å². The second-order valence-electron chi connectivity index (χ2n) is 7.29. The van der Waals surface area contributed by atoms with Gasteiger partial charge in [0.2, 0.25) is 5.91 Å². The summed E-state index contributed by atoms with van der Waals surface area (Å²) in [7, 11) is 0. The van der Waals surface area contributed by atoms with Crippen molar-refractivity contribution >= 4 is 34.2 Å². The zero-order valence-corrected chi connectivity index (χ0v) is 17.5. The molecule has 4 aromatic rings. The Morgan fingerprint density at radius 1 is 1.07 bits per heavy atom. The Hall–Kier alpha value is -2.93. The smallest absolute Gasteiger partial charge is 0.230 e. The number of nitrogens with zero attached hydrogens (tertiary/aromatic N) is 4. The fourth-order valence-electron chi connectivity index (χ4n) is 3.37. The Morgan fingerprint density at radius 2 is 1.79 bits per heavy atom. The van der Waals surface area contributed by atoms with Crippen LogP contribution in [0.25, 0.3) is 16.6 Å². The van der Waals surface area contributed by atoms with Gasteiger partial charge in [0, 0.05) is 5.39 Å². The summed E-state index contributed by atoms with van der Waals surface area (Å²) in [6, 6.07) is 17.9. The Kier molecular flexibility index (Phi) is 5.49. The minimum atomic E-state index is -0.0301. The lowest BCUT2D eigenvalue weighted by Crippen LogP contribution is -2.33. The van der Waals surface area contributed by atoms with Crippen LogP contribution >= 0.6 is 11.8 Å². The van der Waals surface area contributed by atoms with Gasteiger partial charge in [-0.25, -0.2) is 9.97 Å². The second-order valence-corrected chi connectivity index (χ2v) is 8.24. The number of aromatic nitrogens is 4. The molecule has 0 spiro atoms. The van der Waals surface area contributed by atoms with E-state index in [1.165, 1.54) is 11.8 Å². The molecule has 0 saturated carbocycles. The Morgan fingerprint density at radius 3 is 2.55 bits per heavy atom. The van der Waals surface area contributed by atoms with Gasteiger partial charge in [0.25, 0.3) is 0 Å². The van der Waals surface area contributed by atoms with Gasteiger partial charge in [0.15, 0.2) is 10.8 Å². The summed E-state index contributed by atoms with van der Waals surface area (Å²) in [6.45, 7) is 6.07. The third-order valence-electron chi connectivity index (χ3n) is 4.73. The molecule has 1 unspecified atom stereocenters. The van der Waals surface area contributed by atoms with Crippen LogP contribution in [0.3, 0.4) is 0 Å². The van der Waals surface area contributed by atoms with Crippen molar-refractivity contribution in [2.75, 3.05) is 5.75 Å². The zero-order valence-electron chi connectivity index (χ0n) is 16.7. The molecular formula is C22H23N5OS. The van der Waals surface area contributed by atoms with Crippen LogP contribution in [-0.2, 0) is 4.79 Å². The largest absolute Gasteiger partial charge is 0.348 e. The van der Waals surface area contributed by atoms with Crippen LogP contribution in [0.15, 0.2) is 59.8 Å². The number of carbonyl (C=O) groups is 1. The normalized spacial score (nSPS) is 12.6. The summed E-state index contributed by atoms with van der Waals surface area (Å²) in [4.78, 5) is 21.9. The summed E-state index contributed by atoms with van der Waals surface area (Å²) in [5.74, 6) is 1.20. The lowest BCUT2D eigenvalue weighted by atomic mass is 9.96. The molecule has 1 atom stereocenters. The number of hydrogen-bond acceptors (Lipinski definition) is 5. The van der Waals surface area contributed by atoms with Crippen molar-refractivity contribution in [1.29, 1.82) is 0 Å². The molecule has 0 bridgehead atoms. The van der Waals surface area contributed by atoms with Crippen LogP contribution in [0.1, 0.15) is 31.3 Å². The molecule has 0 aliphatic heterocycles. The van der Waals surface area contributed by atoms with Crippen LogP contribution in [0, 0.1) is 12.8 Å². The third kappa shape index (κ3) is 4.10. The van der Waals surface area contributed by atoms with Crippen molar-refractivity contribution in [3.63, 3.8) is 0 Å². The molecule has 0 saturated heterocycles. The molecule has 148 valence electrons. The molecule has 2 aromatic heterocycles. The summed E-state index contributed by atoms with van der Waals surface area (Å²) < 4.78 is 1.73. The Balaban J connectivity index is 1.55. The quantitative estimate of drug-likeness (QED) is 0.385. The van der Waals surface area contributed by atoms with Crippen LogP contribution in [0.5, 0.6) is 0 Å². The predicted octanol–water partition coefficient (Wildman–Crippen LogP) is 4.19. The fraction of sp³-hybridized carbons (Fsp3) is 0.273. The highest BCUT2D eigenvalue weighted by molar-refractivity contribution is 7.99. The van der Waals surface area contributed by atoms with E-state index >= 15 is 0 Å². The lowest BCUT2D eigenvalue weighted by Gasteiger charge is -2.22. The van der Waals surface area contributed by atoms with Gasteiger partial charge in [0.1, 0.15) is 5.82 Å². The first kappa shape index (κ1) is 19.4. The molecule has 1 amide bonds. The van der Waals surface area contributed by atoms with E-state index in [0.29, 0.717) is 11.0 Å². The van der Waals surface area contributed by atoms with Crippen molar-refractivity contribution in [1.82, 2.24) is 24.9 Å². The molecule has 0 fully saturated rings. The van der Waals surface area contributed by atoms with Crippen molar-refractivity contribution in [2.24, 2.45) is 5.92 Å². The van der Waals surface area contributed by atoms with Gasteiger partial charge in [0.05, 0.1) is 17.3 Å². The van der Waals surface area contributed by atoms with Crippen molar-refractivity contribution in [2.45, 2.75) is 32.0 Å². The number of carbonyl (C=O) groups excluding carboxylic acids is 1. The summed E-state index contributed by atoms with van der Waals surface area (Å²) in [5.41, 5.74) is 2.72. The first-order valence-corrected chi connectivity index (χ1v) is 10.6. The number of amides is 1. The topological polar surface area (TPSA) is 72.2 Å². The molecule has 0 radical (unpaired) electrons. The Labute approximate surface area is 173 Å². The van der Waals surface area contributed by atoms with E-state index in [-0.39, 0.29) is 23.6 Å². The van der Waals surface area contributed by atoms with Crippen molar-refractivity contribution < 1.29 is 4.79 Å². The number of benzene rings is 2. The van der Waals surface area contributed by atoms with Gasteiger partial charge in [-0.3, -0.25) is 4.79 Å². The standard InChI is InChI=1S/C22H23N5OS/c1-14(2)20(16-9-5-4-6-10-16)25-19(28)13-29-22-24-18-12-8-7-11-17(18)21-23-15(3)26-27(21)22/h4-12,14,20H,13H2,1-3H3,(H,25,28). The average molecular weight is 406 g/mol. The summed E-state index contributed by atoms with van der Waals surface area (Å²) in [5, 5.41) is 9.24. The second kappa shape index (κ2) is 8.21.